The van der Waals surface area contributed by atoms with Crippen LogP contribution in [-0.2, 0) is 27.5 Å². The minimum atomic E-state index is -1.38. The summed E-state index contributed by atoms with van der Waals surface area (Å²) in [5.74, 6) is 1.22. The Morgan fingerprint density at radius 1 is 0.551 bits per heavy atom. The number of aromatic nitrogens is 14. The first-order chi connectivity index (χ1) is 60.7. The van der Waals surface area contributed by atoms with Gasteiger partial charge in [-0.2, -0.15) is 9.97 Å². The number of rotatable bonds is 12. The first kappa shape index (κ1) is 90.7. The largest absolute Gasteiger partial charge is 0.381 e. The Kier molecular flexibility index (Phi) is 27.0. The molecule has 662 valence electrons. The van der Waals surface area contributed by atoms with Crippen molar-refractivity contribution in [1.82, 2.24) is 68.9 Å². The van der Waals surface area contributed by atoms with Crippen LogP contribution in [0.2, 0.25) is 0 Å². The summed E-state index contributed by atoms with van der Waals surface area (Å²) in [6, 6.07) is 39.4. The van der Waals surface area contributed by atoms with E-state index in [1.807, 2.05) is 142 Å². The maximum absolute atomic E-state index is 13.9. The SMILES string of the molecule is C/C=C/c1ccccc1Cn1cnc2c(=O)[nH]c(N)nc21.CC.CC(=O)[C@@]1(O)CC[C@H]2[C@@H]3CCC4=CC(=O)C=C[C@]4(C)[C@H]3C(=O)C[C@@]21C.C[C@@H](c1ccccc1F)C1CNc2c1nc(N)[nH]c2=O.Cc1ccccc1Cn1cnc2c(=O)[nH]c(N)nc21.Cc1ccccc1[C@H](C)C1CNc2c1nc(N)[nH]c2=O.Cc1ccccc1[C@H](C)C1CNc2c1nc(N)[nH]c2=O. The maximum atomic E-state index is 13.9. The number of allylic oxidation sites excluding steroid dienone is 5. The van der Waals surface area contributed by atoms with Crippen LogP contribution in [0.3, 0.4) is 0 Å². The summed E-state index contributed by atoms with van der Waals surface area (Å²) in [6.07, 6.45) is 15.6. The van der Waals surface area contributed by atoms with Gasteiger partial charge >= 0.3 is 0 Å². The highest BCUT2D eigenvalue weighted by molar-refractivity contribution is 6.02. The zero-order valence-electron chi connectivity index (χ0n) is 73.4. The summed E-state index contributed by atoms with van der Waals surface area (Å²) in [5.41, 5.74) is 41.1. The second-order valence-corrected chi connectivity index (χ2v) is 33.8. The van der Waals surface area contributed by atoms with E-state index in [2.05, 4.69) is 135 Å². The molecule has 4 aliphatic carbocycles. The summed E-state index contributed by atoms with van der Waals surface area (Å²) >= 11 is 0. The molecule has 3 unspecified atom stereocenters. The predicted octanol–water partition coefficient (Wildman–Crippen LogP) is 12.4. The molecule has 31 nitrogen and oxygen atoms in total. The standard InChI is InChI=1S/C21H26O4.C15H15N5O.2C15H18N4O.C14H15FN4O.C13H13N5O.C2H6/c1-12(22)21(25)9-7-16-15-5-4-13-10-14(23)6-8-19(13,2)18(15)17(24)11-20(16,21)3;1-2-5-10-6-3-4-7-11(10)8-20-9-17-12-13(20)18-15(16)19-14(12)21;2*1-8-5-3-4-6-10(8)9(2)11-7-17-13-12(11)18-15(16)19-14(13)20;1-7(8-4-2-3-5-10(8)15)9-6-17-12-11(9)18-14(16)19-13(12)20;1-8-4-2-3-5-9(8)6-18-7-15-10-11(18)16-13(14)17-12(10)19;1-2/h6,8,10,15-16,18,25H,4-5,7,9,11H2,1-3H3;2-7,9H,8H2,1H3,(H3,16,18,19,21);2*3-6,9,11,17H,7H2,1-2H3,(H3,16,18,19,20);2-5,7,9,17H,6H2,1H3,(H3,16,18,19,20);2-5,7H,6H2,1H3,(H3,14,16,17,19);1-2H3/b;5-2+;;;;;/t15-,16-,18+,19-,20-,21-;;2*9-,11?;7-,9?;;/m0.000../s1. The number of fused-ring (bicyclic) bond motifs is 10. The number of imidazole rings is 2. The van der Waals surface area contributed by atoms with E-state index in [4.69, 9.17) is 28.7 Å². The van der Waals surface area contributed by atoms with Crippen LogP contribution in [0, 0.1) is 55.2 Å². The van der Waals surface area contributed by atoms with Crippen LogP contribution in [0.5, 0.6) is 0 Å². The molecule has 0 bridgehead atoms. The molecule has 12 aromatic rings. The molecule has 0 saturated heterocycles. The Labute approximate surface area is 732 Å². The lowest BCUT2D eigenvalue weighted by molar-refractivity contribution is -0.165. The number of ketones is 3. The van der Waals surface area contributed by atoms with Gasteiger partial charge in [0, 0.05) is 60.6 Å². The first-order valence-corrected chi connectivity index (χ1v) is 42.8. The van der Waals surface area contributed by atoms with E-state index in [9.17, 15) is 47.9 Å². The van der Waals surface area contributed by atoms with Gasteiger partial charge < -0.3 is 58.9 Å². The van der Waals surface area contributed by atoms with Crippen molar-refractivity contribution in [2.75, 3.05) is 64.3 Å². The van der Waals surface area contributed by atoms with E-state index < -0.39 is 16.4 Å². The number of Topliss-reactive ketones (excluding diaryl/α,β-unsaturated/α-hetero) is 2. The number of nitrogens with zero attached hydrogens (tertiary/aromatic N) is 9. The Morgan fingerprint density at radius 2 is 0.961 bits per heavy atom. The molecule has 0 radical (unpaired) electrons. The fourth-order valence-corrected chi connectivity index (χ4v) is 19.7. The Morgan fingerprint density at radius 3 is 1.42 bits per heavy atom. The van der Waals surface area contributed by atoms with Crippen molar-refractivity contribution in [2.45, 2.75) is 169 Å². The quantitative estimate of drug-likeness (QED) is 0.0540. The van der Waals surface area contributed by atoms with Crippen LogP contribution < -0.4 is 72.4 Å². The van der Waals surface area contributed by atoms with Gasteiger partial charge in [-0.1, -0.05) is 188 Å². The molecular weight excluding hydrogens is 1610 g/mol. The van der Waals surface area contributed by atoms with Gasteiger partial charge in [0.2, 0.25) is 29.7 Å². The molecule has 7 aromatic heterocycles. The molecular formula is C95H111FN22O9. The summed E-state index contributed by atoms with van der Waals surface area (Å²) < 4.78 is 17.5. The second kappa shape index (κ2) is 37.8. The minimum absolute atomic E-state index is 0.00541. The summed E-state index contributed by atoms with van der Waals surface area (Å²) in [4.78, 5) is 138. The number of anilines is 8. The molecule has 19 rings (SSSR count). The molecule has 3 saturated carbocycles. The number of H-pyrrole nitrogens is 5. The third kappa shape index (κ3) is 18.3. The summed E-state index contributed by atoms with van der Waals surface area (Å²) in [5, 5.41) is 20.4. The van der Waals surface area contributed by atoms with Gasteiger partial charge in [-0.15, -0.1) is 0 Å². The lowest BCUT2D eigenvalue weighted by atomic mass is 9.46. The van der Waals surface area contributed by atoms with E-state index >= 15 is 0 Å². The zero-order valence-corrected chi connectivity index (χ0v) is 73.4. The van der Waals surface area contributed by atoms with E-state index in [0.29, 0.717) is 89.8 Å². The van der Waals surface area contributed by atoms with E-state index in [1.54, 1.807) is 43.0 Å². The van der Waals surface area contributed by atoms with Crippen molar-refractivity contribution in [3.8, 4) is 0 Å². The molecule has 127 heavy (non-hydrogen) atoms. The smallest absolute Gasteiger partial charge is 0.280 e. The Balaban J connectivity index is 0.000000130. The maximum Gasteiger partial charge on any atom is 0.280 e. The number of halogens is 1. The number of aryl methyl sites for hydroxylation is 3. The fourth-order valence-electron chi connectivity index (χ4n) is 19.7. The molecule has 32 heteroatoms. The highest BCUT2D eigenvalue weighted by atomic mass is 19.1. The van der Waals surface area contributed by atoms with Gasteiger partial charge in [-0.25, -0.2) is 29.3 Å². The van der Waals surface area contributed by atoms with Gasteiger partial charge in [0.05, 0.1) is 42.8 Å². The average molecular weight is 1720 g/mol. The molecule has 7 aliphatic rings. The van der Waals surface area contributed by atoms with Crippen LogP contribution in [-0.4, -0.2) is 117 Å². The number of aromatic amines is 5. The number of nitrogens with two attached hydrogens (primary N) is 5. The first-order valence-electron chi connectivity index (χ1n) is 42.8. The molecule has 5 aromatic carbocycles. The van der Waals surface area contributed by atoms with Crippen molar-refractivity contribution < 1.29 is 23.9 Å². The van der Waals surface area contributed by atoms with Crippen molar-refractivity contribution in [2.24, 2.45) is 28.6 Å². The highest BCUT2D eigenvalue weighted by Crippen LogP contribution is 2.66. The van der Waals surface area contributed by atoms with Gasteiger partial charge in [0.1, 0.15) is 34.3 Å². The lowest BCUT2D eigenvalue weighted by Crippen LogP contribution is -2.59. The van der Waals surface area contributed by atoms with E-state index in [1.165, 1.54) is 40.8 Å². The fraction of sp³-hybridized carbons (Fsp3) is 0.358. The van der Waals surface area contributed by atoms with E-state index in [0.717, 1.165) is 52.9 Å². The third-order valence-corrected chi connectivity index (χ3v) is 26.3. The molecule has 10 heterocycles. The second-order valence-electron chi connectivity index (χ2n) is 33.8. The highest BCUT2D eigenvalue weighted by Gasteiger charge is 2.68. The van der Waals surface area contributed by atoms with E-state index in [-0.39, 0.29) is 140 Å². The zero-order chi connectivity index (χ0) is 91.3. The molecule has 19 N–H and O–H groups in total. The number of hydrogen-bond donors (Lipinski definition) is 14. The minimum Gasteiger partial charge on any atom is -0.381 e. The Hall–Kier alpha value is -14.0. The number of hydrogen-bond acceptors (Lipinski definition) is 24. The van der Waals surface area contributed by atoms with Gasteiger partial charge in [-0.3, -0.25) is 63.3 Å². The van der Waals surface area contributed by atoms with Crippen LogP contribution in [0.1, 0.15) is 197 Å². The van der Waals surface area contributed by atoms with Crippen molar-refractivity contribution in [3.63, 3.8) is 0 Å². The molecule has 12 atom stereocenters. The number of nitrogen functional groups attached to an aromatic ring is 5. The van der Waals surface area contributed by atoms with Crippen molar-refractivity contribution >= 4 is 92.6 Å². The summed E-state index contributed by atoms with van der Waals surface area (Å²) in [7, 11) is 0. The third-order valence-electron chi connectivity index (χ3n) is 26.3. The predicted molar refractivity (Wildman–Crippen MR) is 495 cm³/mol. The number of benzene rings is 5. The van der Waals surface area contributed by atoms with Gasteiger partial charge in [0.25, 0.3) is 27.8 Å². The number of carbonyl (C=O) groups excluding carboxylic acids is 3. The van der Waals surface area contributed by atoms with Crippen LogP contribution in [0.15, 0.2) is 188 Å². The molecule has 3 aliphatic heterocycles. The average Bonchev–Trinajstić information content (AvgIpc) is 1.60. The molecule has 3 fully saturated rings. The monoisotopic (exact) mass is 1720 g/mol. The van der Waals surface area contributed by atoms with Crippen LogP contribution in [0.25, 0.3) is 28.4 Å². The van der Waals surface area contributed by atoms with Crippen LogP contribution >= 0.6 is 0 Å². The molecule has 0 amide bonds. The van der Waals surface area contributed by atoms with Crippen LogP contribution in [0.4, 0.5) is 51.2 Å². The van der Waals surface area contributed by atoms with Crippen molar-refractivity contribution in [1.29, 1.82) is 0 Å². The van der Waals surface area contributed by atoms with Gasteiger partial charge in [0.15, 0.2) is 33.9 Å². The topological polar surface area (TPSA) is 502 Å². The Bertz CT molecular complexity index is 6290. The number of carbonyl (C=O) groups is 3. The normalized spacial score (nSPS) is 21.8. The summed E-state index contributed by atoms with van der Waals surface area (Å²) in [6.45, 7) is 27.1. The van der Waals surface area contributed by atoms with Gasteiger partial charge in [-0.05, 0) is 158 Å². The number of nitrogens with one attached hydrogen (secondary N) is 8. The van der Waals surface area contributed by atoms with Crippen molar-refractivity contribution in [3.05, 3.63) is 289 Å². The molecule has 0 spiro atoms. The number of aliphatic hydroxyl groups is 1. The lowest BCUT2D eigenvalue weighted by Gasteiger charge is -2.56.